The van der Waals surface area contributed by atoms with Gasteiger partial charge in [-0.25, -0.2) is 4.79 Å². The van der Waals surface area contributed by atoms with Gasteiger partial charge in [-0.1, -0.05) is 60.6 Å². The molecule has 0 aliphatic rings. The van der Waals surface area contributed by atoms with Gasteiger partial charge in [0.15, 0.2) is 0 Å². The van der Waals surface area contributed by atoms with E-state index in [2.05, 4.69) is 6.58 Å². The fourth-order valence-electron chi connectivity index (χ4n) is 1.78. The SMILES string of the molecule is C=CC(Cl)(Oc1ccccc1C(=O)O)c1ccccc1. The van der Waals surface area contributed by atoms with Gasteiger partial charge >= 0.3 is 5.97 Å². The van der Waals surface area contributed by atoms with Crippen LogP contribution in [0.15, 0.2) is 67.3 Å². The summed E-state index contributed by atoms with van der Waals surface area (Å²) < 4.78 is 5.70. The van der Waals surface area contributed by atoms with E-state index >= 15 is 0 Å². The largest absolute Gasteiger partial charge is 0.478 e. The molecule has 0 aliphatic carbocycles. The molecule has 0 fully saturated rings. The van der Waals surface area contributed by atoms with E-state index < -0.39 is 11.0 Å². The Morgan fingerprint density at radius 2 is 1.75 bits per heavy atom. The van der Waals surface area contributed by atoms with E-state index in [-0.39, 0.29) is 11.3 Å². The Morgan fingerprint density at radius 3 is 2.35 bits per heavy atom. The number of halogens is 1. The predicted molar refractivity (Wildman–Crippen MR) is 78.2 cm³/mol. The third kappa shape index (κ3) is 2.83. The van der Waals surface area contributed by atoms with Crippen LogP contribution in [0.2, 0.25) is 0 Å². The first-order valence-electron chi connectivity index (χ1n) is 5.96. The van der Waals surface area contributed by atoms with Crippen molar-refractivity contribution in [2.24, 2.45) is 0 Å². The zero-order chi connectivity index (χ0) is 14.6. The van der Waals surface area contributed by atoms with Gasteiger partial charge in [-0.15, -0.1) is 0 Å². The van der Waals surface area contributed by atoms with Crippen molar-refractivity contribution in [3.63, 3.8) is 0 Å². The second-order valence-corrected chi connectivity index (χ2v) is 4.68. The molecule has 1 atom stereocenters. The highest BCUT2D eigenvalue weighted by molar-refractivity contribution is 6.24. The third-order valence-corrected chi connectivity index (χ3v) is 3.26. The minimum absolute atomic E-state index is 0.0512. The standard InChI is InChI=1S/C16H13ClO3/c1-2-16(17,12-8-4-3-5-9-12)20-14-11-7-6-10-13(14)15(18)19/h2-11H,1H2,(H,18,19). The van der Waals surface area contributed by atoms with Crippen molar-refractivity contribution in [2.75, 3.05) is 0 Å². The molecule has 0 spiro atoms. The van der Waals surface area contributed by atoms with E-state index in [1.807, 2.05) is 18.2 Å². The maximum Gasteiger partial charge on any atom is 0.339 e. The van der Waals surface area contributed by atoms with Gasteiger partial charge in [0.2, 0.25) is 5.06 Å². The number of rotatable bonds is 5. The van der Waals surface area contributed by atoms with E-state index in [4.69, 9.17) is 21.4 Å². The monoisotopic (exact) mass is 288 g/mol. The molecule has 2 aromatic rings. The lowest BCUT2D eigenvalue weighted by Gasteiger charge is -2.26. The molecular formula is C16H13ClO3. The molecule has 20 heavy (non-hydrogen) atoms. The number of aromatic carboxylic acids is 1. The van der Waals surface area contributed by atoms with Gasteiger partial charge in [-0.05, 0) is 18.2 Å². The molecule has 1 N–H and O–H groups in total. The zero-order valence-electron chi connectivity index (χ0n) is 10.6. The second kappa shape index (κ2) is 5.80. The number of para-hydroxylation sites is 1. The number of hydrogen-bond donors (Lipinski definition) is 1. The minimum Gasteiger partial charge on any atom is -0.478 e. The molecule has 0 saturated carbocycles. The lowest BCUT2D eigenvalue weighted by atomic mass is 10.1. The topological polar surface area (TPSA) is 46.5 Å². The Kier molecular flexibility index (Phi) is 4.11. The number of alkyl halides is 1. The molecule has 0 radical (unpaired) electrons. The molecule has 0 saturated heterocycles. The summed E-state index contributed by atoms with van der Waals surface area (Å²) in [5.74, 6) is -0.879. The van der Waals surface area contributed by atoms with Crippen molar-refractivity contribution in [3.8, 4) is 5.75 Å². The van der Waals surface area contributed by atoms with Gasteiger partial charge in [0.25, 0.3) is 0 Å². The van der Waals surface area contributed by atoms with E-state index in [0.29, 0.717) is 5.56 Å². The quantitative estimate of drug-likeness (QED) is 0.667. The number of hydrogen-bond acceptors (Lipinski definition) is 2. The Balaban J connectivity index is 2.41. The number of carboxylic acids is 1. The Labute approximate surface area is 122 Å². The number of benzene rings is 2. The van der Waals surface area contributed by atoms with Crippen molar-refractivity contribution in [2.45, 2.75) is 5.06 Å². The van der Waals surface area contributed by atoms with Gasteiger partial charge < -0.3 is 9.84 Å². The Hall–Kier alpha value is -2.26. The smallest absolute Gasteiger partial charge is 0.339 e. The van der Waals surface area contributed by atoms with Crippen LogP contribution in [-0.2, 0) is 5.06 Å². The first-order chi connectivity index (χ1) is 9.57. The van der Waals surface area contributed by atoms with E-state index in [1.54, 1.807) is 30.3 Å². The average Bonchev–Trinajstić information content (AvgIpc) is 2.48. The summed E-state index contributed by atoms with van der Waals surface area (Å²) in [5, 5.41) is 7.84. The summed E-state index contributed by atoms with van der Waals surface area (Å²) in [4.78, 5) is 11.2. The summed E-state index contributed by atoms with van der Waals surface area (Å²) >= 11 is 6.43. The number of carbonyl (C=O) groups is 1. The predicted octanol–water partition coefficient (Wildman–Crippen LogP) is 4.04. The minimum atomic E-state index is -1.31. The van der Waals surface area contributed by atoms with Crippen molar-refractivity contribution < 1.29 is 14.6 Å². The summed E-state index contributed by atoms with van der Waals surface area (Å²) in [6.07, 6.45) is 1.43. The molecule has 0 bridgehead atoms. The highest BCUT2D eigenvalue weighted by atomic mass is 35.5. The van der Waals surface area contributed by atoms with Gasteiger partial charge in [-0.3, -0.25) is 0 Å². The summed E-state index contributed by atoms with van der Waals surface area (Å²) in [6, 6.07) is 15.4. The van der Waals surface area contributed by atoms with Crippen molar-refractivity contribution in [3.05, 3.63) is 78.4 Å². The zero-order valence-corrected chi connectivity index (χ0v) is 11.4. The van der Waals surface area contributed by atoms with Crippen LogP contribution in [0.1, 0.15) is 15.9 Å². The lowest BCUT2D eigenvalue weighted by molar-refractivity contribution is 0.0689. The Bertz CT molecular complexity index is 625. The molecule has 102 valence electrons. The van der Waals surface area contributed by atoms with Crippen LogP contribution in [0.3, 0.4) is 0 Å². The molecular weight excluding hydrogens is 276 g/mol. The fraction of sp³-hybridized carbons (Fsp3) is 0.0625. The Morgan fingerprint density at radius 1 is 1.15 bits per heavy atom. The lowest BCUT2D eigenvalue weighted by Crippen LogP contribution is -2.24. The molecule has 0 aromatic heterocycles. The van der Waals surface area contributed by atoms with Gasteiger partial charge in [-0.2, -0.15) is 0 Å². The molecule has 0 amide bonds. The van der Waals surface area contributed by atoms with Crippen LogP contribution in [0.25, 0.3) is 0 Å². The molecule has 1 unspecified atom stereocenters. The number of ether oxygens (including phenoxy) is 1. The van der Waals surface area contributed by atoms with Gasteiger partial charge in [0, 0.05) is 5.56 Å². The number of carboxylic acid groups (broad SMARTS) is 1. The summed E-state index contributed by atoms with van der Waals surface area (Å²) in [6.45, 7) is 3.68. The van der Waals surface area contributed by atoms with E-state index in [0.717, 1.165) is 0 Å². The third-order valence-electron chi connectivity index (χ3n) is 2.81. The summed E-state index contributed by atoms with van der Waals surface area (Å²) in [7, 11) is 0. The maximum atomic E-state index is 11.2. The molecule has 0 heterocycles. The first kappa shape index (κ1) is 14.2. The molecule has 0 aliphatic heterocycles. The first-order valence-corrected chi connectivity index (χ1v) is 6.34. The highest BCUT2D eigenvalue weighted by Gasteiger charge is 2.29. The molecule has 2 rings (SSSR count). The van der Waals surface area contributed by atoms with Crippen molar-refractivity contribution in [1.29, 1.82) is 0 Å². The van der Waals surface area contributed by atoms with Crippen LogP contribution in [-0.4, -0.2) is 11.1 Å². The van der Waals surface area contributed by atoms with Crippen LogP contribution < -0.4 is 4.74 Å². The molecule has 4 heteroatoms. The van der Waals surface area contributed by atoms with Crippen LogP contribution in [0, 0.1) is 0 Å². The van der Waals surface area contributed by atoms with Crippen LogP contribution in [0.5, 0.6) is 5.75 Å². The average molecular weight is 289 g/mol. The normalized spacial score (nSPS) is 13.2. The van der Waals surface area contributed by atoms with Crippen LogP contribution >= 0.6 is 11.6 Å². The van der Waals surface area contributed by atoms with E-state index in [1.165, 1.54) is 12.1 Å². The van der Waals surface area contributed by atoms with Gasteiger partial charge in [0.1, 0.15) is 11.3 Å². The molecule has 2 aromatic carbocycles. The molecule has 3 nitrogen and oxygen atoms in total. The highest BCUT2D eigenvalue weighted by Crippen LogP contribution is 2.34. The van der Waals surface area contributed by atoms with Crippen LogP contribution in [0.4, 0.5) is 0 Å². The van der Waals surface area contributed by atoms with Gasteiger partial charge in [0.05, 0.1) is 0 Å². The fourth-order valence-corrected chi connectivity index (χ4v) is 1.99. The van der Waals surface area contributed by atoms with E-state index in [9.17, 15) is 4.79 Å². The van der Waals surface area contributed by atoms with Crippen molar-refractivity contribution >= 4 is 17.6 Å². The summed E-state index contributed by atoms with van der Waals surface area (Å²) in [5.41, 5.74) is 0.729. The second-order valence-electron chi connectivity index (χ2n) is 4.12. The maximum absolute atomic E-state index is 11.2. The van der Waals surface area contributed by atoms with Crippen molar-refractivity contribution in [1.82, 2.24) is 0 Å².